The Bertz CT molecular complexity index is 646. The Balaban J connectivity index is 1.41. The van der Waals surface area contributed by atoms with E-state index < -0.39 is 0 Å². The van der Waals surface area contributed by atoms with Crippen molar-refractivity contribution in [3.8, 4) is 0 Å². The number of nitrogens with one attached hydrogen (secondary N) is 2. The van der Waals surface area contributed by atoms with Gasteiger partial charge >= 0.3 is 0 Å². The zero-order chi connectivity index (χ0) is 18.7. The fourth-order valence-electron chi connectivity index (χ4n) is 5.03. The first kappa shape index (κ1) is 18.8. The van der Waals surface area contributed by atoms with E-state index in [4.69, 9.17) is 4.74 Å². The zero-order valence-corrected chi connectivity index (χ0v) is 16.2. The van der Waals surface area contributed by atoms with Gasteiger partial charge in [-0.05, 0) is 45.1 Å². The van der Waals surface area contributed by atoms with Crippen LogP contribution < -0.4 is 10.6 Å². The lowest BCUT2D eigenvalue weighted by atomic mass is 9.61. The molecule has 1 saturated carbocycles. The molecule has 1 aliphatic carbocycles. The summed E-state index contributed by atoms with van der Waals surface area (Å²) in [6.45, 7) is 7.91. The molecule has 7 nitrogen and oxygen atoms in total. The molecule has 3 atom stereocenters. The molecule has 2 aliphatic heterocycles. The van der Waals surface area contributed by atoms with Crippen LogP contribution in [-0.4, -0.2) is 66.2 Å². The van der Waals surface area contributed by atoms with Crippen LogP contribution in [0.15, 0.2) is 12.4 Å². The van der Waals surface area contributed by atoms with Crippen LogP contribution in [0.5, 0.6) is 0 Å². The van der Waals surface area contributed by atoms with E-state index in [1.807, 2.05) is 6.92 Å². The van der Waals surface area contributed by atoms with E-state index in [2.05, 4.69) is 25.5 Å². The third kappa shape index (κ3) is 4.00. The van der Waals surface area contributed by atoms with Gasteiger partial charge in [0.05, 0.1) is 42.8 Å². The molecule has 7 heteroatoms. The summed E-state index contributed by atoms with van der Waals surface area (Å²) in [6, 6.07) is 0.598. The number of carbonyl (C=O) groups excluding carboxylic acids is 1. The first-order valence-corrected chi connectivity index (χ1v) is 10.3. The van der Waals surface area contributed by atoms with Gasteiger partial charge in [-0.3, -0.25) is 19.7 Å². The number of aromatic nitrogens is 2. The van der Waals surface area contributed by atoms with E-state index in [0.717, 1.165) is 76.5 Å². The maximum atomic E-state index is 13.2. The van der Waals surface area contributed by atoms with Crippen molar-refractivity contribution in [2.75, 3.05) is 39.4 Å². The highest BCUT2D eigenvalue weighted by atomic mass is 16.5. The van der Waals surface area contributed by atoms with Crippen LogP contribution in [0.25, 0.3) is 0 Å². The fraction of sp³-hybridized carbons (Fsp3) is 0.750. The van der Waals surface area contributed by atoms with Crippen molar-refractivity contribution in [3.63, 3.8) is 0 Å². The normalized spacial score (nSPS) is 31.9. The molecular formula is C20H31N5O2. The Morgan fingerprint density at radius 2 is 2.19 bits per heavy atom. The molecule has 0 bridgehead atoms. The van der Waals surface area contributed by atoms with E-state index >= 15 is 0 Å². The van der Waals surface area contributed by atoms with Gasteiger partial charge in [-0.2, -0.15) is 0 Å². The molecule has 1 amide bonds. The molecule has 0 spiro atoms. The highest BCUT2D eigenvalue weighted by molar-refractivity contribution is 5.83. The summed E-state index contributed by atoms with van der Waals surface area (Å²) < 4.78 is 5.51. The van der Waals surface area contributed by atoms with Crippen LogP contribution in [0, 0.1) is 18.3 Å². The van der Waals surface area contributed by atoms with Crippen LogP contribution in [0.3, 0.4) is 0 Å². The SMILES string of the molecule is Cc1cnc(CNC(=O)[C@@]23CC[C@@H](N4CCOCC4)C[C@H]2CCNC3)cn1. The molecule has 2 saturated heterocycles. The molecule has 3 fully saturated rings. The molecule has 3 heterocycles. The minimum atomic E-state index is -0.279. The number of amides is 1. The summed E-state index contributed by atoms with van der Waals surface area (Å²) in [4.78, 5) is 24.5. The van der Waals surface area contributed by atoms with E-state index in [1.165, 1.54) is 0 Å². The van der Waals surface area contributed by atoms with Gasteiger partial charge in [0.1, 0.15) is 0 Å². The van der Waals surface area contributed by atoms with E-state index in [-0.39, 0.29) is 11.3 Å². The average molecular weight is 374 g/mol. The standard InChI is InChI=1S/C20H31N5O2/c1-15-11-23-17(12-22-15)13-24-19(26)20-4-2-18(25-6-8-27-9-7-25)10-16(20)3-5-21-14-20/h11-12,16,18,21H,2-10,13-14H2,1H3,(H,24,26)/t16-,18-,20-/m1/s1. The molecule has 4 rings (SSSR count). The number of hydrogen-bond donors (Lipinski definition) is 2. The second-order valence-electron chi connectivity index (χ2n) is 8.23. The van der Waals surface area contributed by atoms with Crippen molar-refractivity contribution in [1.29, 1.82) is 0 Å². The van der Waals surface area contributed by atoms with Crippen LogP contribution >= 0.6 is 0 Å². The monoisotopic (exact) mass is 373 g/mol. The number of aryl methyl sites for hydroxylation is 1. The third-order valence-electron chi connectivity index (χ3n) is 6.65. The van der Waals surface area contributed by atoms with E-state index in [9.17, 15) is 4.79 Å². The lowest BCUT2D eigenvalue weighted by molar-refractivity contribution is -0.140. The summed E-state index contributed by atoms with van der Waals surface area (Å²) in [7, 11) is 0. The molecule has 0 unspecified atom stereocenters. The first-order chi connectivity index (χ1) is 13.2. The molecule has 1 aromatic rings. The summed E-state index contributed by atoms with van der Waals surface area (Å²) in [5, 5.41) is 6.64. The van der Waals surface area contributed by atoms with Crippen molar-refractivity contribution < 1.29 is 9.53 Å². The maximum absolute atomic E-state index is 13.2. The van der Waals surface area contributed by atoms with Crippen molar-refractivity contribution in [1.82, 2.24) is 25.5 Å². The number of piperidine rings is 1. The van der Waals surface area contributed by atoms with Crippen LogP contribution in [0.2, 0.25) is 0 Å². The van der Waals surface area contributed by atoms with Gasteiger partial charge in [0.2, 0.25) is 5.91 Å². The van der Waals surface area contributed by atoms with Gasteiger partial charge < -0.3 is 15.4 Å². The molecule has 148 valence electrons. The van der Waals surface area contributed by atoms with Crippen molar-refractivity contribution in [2.24, 2.45) is 11.3 Å². The second kappa shape index (κ2) is 8.20. The van der Waals surface area contributed by atoms with Crippen LogP contribution in [0.4, 0.5) is 0 Å². The smallest absolute Gasteiger partial charge is 0.228 e. The number of rotatable bonds is 4. The fourth-order valence-corrected chi connectivity index (χ4v) is 5.03. The predicted molar refractivity (Wildman–Crippen MR) is 102 cm³/mol. The molecule has 27 heavy (non-hydrogen) atoms. The second-order valence-corrected chi connectivity index (χ2v) is 8.23. The number of morpholine rings is 1. The summed E-state index contributed by atoms with van der Waals surface area (Å²) in [5.74, 6) is 0.631. The predicted octanol–water partition coefficient (Wildman–Crippen LogP) is 0.882. The molecule has 0 aromatic carbocycles. The van der Waals surface area contributed by atoms with Gasteiger partial charge in [-0.25, -0.2) is 0 Å². The van der Waals surface area contributed by atoms with Gasteiger partial charge in [0, 0.05) is 31.9 Å². The average Bonchev–Trinajstić information content (AvgIpc) is 2.73. The Hall–Kier alpha value is -1.57. The van der Waals surface area contributed by atoms with Gasteiger partial charge in [0.15, 0.2) is 0 Å². The number of carbonyl (C=O) groups is 1. The molecule has 1 aromatic heterocycles. The highest BCUT2D eigenvalue weighted by Gasteiger charge is 2.50. The van der Waals surface area contributed by atoms with Gasteiger partial charge in [-0.15, -0.1) is 0 Å². The lowest BCUT2D eigenvalue weighted by Crippen LogP contribution is -2.60. The molecule has 3 aliphatic rings. The van der Waals surface area contributed by atoms with Gasteiger partial charge in [0.25, 0.3) is 0 Å². The Labute approximate surface area is 161 Å². The first-order valence-electron chi connectivity index (χ1n) is 10.3. The minimum Gasteiger partial charge on any atom is -0.379 e. The molecular weight excluding hydrogens is 342 g/mol. The largest absolute Gasteiger partial charge is 0.379 e. The molecule has 2 N–H and O–H groups in total. The topological polar surface area (TPSA) is 79.4 Å². The van der Waals surface area contributed by atoms with Crippen molar-refractivity contribution >= 4 is 5.91 Å². The highest BCUT2D eigenvalue weighted by Crippen LogP contribution is 2.46. The number of hydrogen-bond acceptors (Lipinski definition) is 6. The van der Waals surface area contributed by atoms with Crippen molar-refractivity contribution in [3.05, 3.63) is 23.8 Å². The Morgan fingerprint density at radius 3 is 2.96 bits per heavy atom. The number of fused-ring (bicyclic) bond motifs is 1. The lowest BCUT2D eigenvalue weighted by Gasteiger charge is -2.50. The van der Waals surface area contributed by atoms with Crippen LogP contribution in [-0.2, 0) is 16.1 Å². The van der Waals surface area contributed by atoms with Gasteiger partial charge in [-0.1, -0.05) is 0 Å². The van der Waals surface area contributed by atoms with Crippen LogP contribution in [0.1, 0.15) is 37.1 Å². The summed E-state index contributed by atoms with van der Waals surface area (Å²) >= 11 is 0. The Kier molecular flexibility index (Phi) is 5.71. The van der Waals surface area contributed by atoms with E-state index in [1.54, 1.807) is 12.4 Å². The molecule has 0 radical (unpaired) electrons. The Morgan fingerprint density at radius 1 is 1.33 bits per heavy atom. The summed E-state index contributed by atoms with van der Waals surface area (Å²) in [6.07, 6.45) is 7.75. The summed E-state index contributed by atoms with van der Waals surface area (Å²) in [5.41, 5.74) is 1.42. The minimum absolute atomic E-state index is 0.183. The quantitative estimate of drug-likeness (QED) is 0.816. The maximum Gasteiger partial charge on any atom is 0.228 e. The van der Waals surface area contributed by atoms with E-state index in [0.29, 0.717) is 18.5 Å². The van der Waals surface area contributed by atoms with Crippen molar-refractivity contribution in [2.45, 2.75) is 45.2 Å². The number of nitrogens with zero attached hydrogens (tertiary/aromatic N) is 3. The third-order valence-corrected chi connectivity index (χ3v) is 6.65. The number of ether oxygens (including phenoxy) is 1. The zero-order valence-electron chi connectivity index (χ0n) is 16.2.